The second-order valence-corrected chi connectivity index (χ2v) is 11.2. The number of benzene rings is 2. The molecule has 2 aliphatic rings. The summed E-state index contributed by atoms with van der Waals surface area (Å²) in [4.78, 5) is 53.5. The van der Waals surface area contributed by atoms with Crippen molar-refractivity contribution in [3.63, 3.8) is 0 Å². The number of carbonyl (C=O) groups excluding carboxylic acids is 4. The van der Waals surface area contributed by atoms with Gasteiger partial charge in [0.2, 0.25) is 11.8 Å². The van der Waals surface area contributed by atoms with Crippen molar-refractivity contribution < 1.29 is 29.0 Å². The first-order chi connectivity index (χ1) is 17.1. The maximum Gasteiger partial charge on any atom is 0.330 e. The number of amides is 3. The lowest BCUT2D eigenvalue weighted by molar-refractivity contribution is -0.175. The van der Waals surface area contributed by atoms with Crippen LogP contribution in [-0.2, 0) is 37.1 Å². The van der Waals surface area contributed by atoms with Crippen molar-refractivity contribution in [2.75, 3.05) is 6.54 Å². The molecule has 9 nitrogen and oxygen atoms in total. The van der Waals surface area contributed by atoms with E-state index < -0.39 is 58.4 Å². The Labute approximate surface area is 213 Å². The van der Waals surface area contributed by atoms with Crippen molar-refractivity contribution in [2.45, 2.75) is 49.3 Å². The molecule has 0 saturated carbocycles. The Bertz CT molecular complexity index is 1140. The zero-order chi connectivity index (χ0) is 26.0. The Kier molecular flexibility index (Phi) is 7.37. The number of thioether (sulfide) groups is 1. The molecule has 0 bridgehead atoms. The Morgan fingerprint density at radius 1 is 1.08 bits per heavy atom. The van der Waals surface area contributed by atoms with Crippen molar-refractivity contribution in [1.82, 2.24) is 9.80 Å². The zero-order valence-corrected chi connectivity index (χ0v) is 20.9. The van der Waals surface area contributed by atoms with Crippen LogP contribution >= 0.6 is 11.8 Å². The topological polar surface area (TPSA) is 130 Å². The lowest BCUT2D eigenvalue weighted by Crippen LogP contribution is -2.67. The van der Waals surface area contributed by atoms with Crippen molar-refractivity contribution in [2.24, 2.45) is 11.7 Å². The molecule has 0 radical (unpaired) electrons. The maximum atomic E-state index is 13.2. The number of nitrogens with zero attached hydrogens (tertiary/aromatic N) is 2. The van der Waals surface area contributed by atoms with Crippen molar-refractivity contribution in [1.29, 1.82) is 0 Å². The standard InChI is InChI=1S/C26H29N3O6S/c1-26(2)21(25(34)35-15-17-11-7-4-8-12-17)29-22(32)19(24(29)36-26)20(31)23(33)28(14-18(27)30)13-16-9-5-3-6-10-16/h3-12,19-21,24,31H,13-15H2,1-2H3,(H2,27,30)/t19-,20+,21+,24-/m1/s1. The van der Waals surface area contributed by atoms with Crippen LogP contribution in [0.25, 0.3) is 0 Å². The van der Waals surface area contributed by atoms with Gasteiger partial charge in [0.15, 0.2) is 0 Å². The van der Waals surface area contributed by atoms with Crippen molar-refractivity contribution in [3.05, 3.63) is 71.8 Å². The fraction of sp³-hybridized carbons (Fsp3) is 0.385. The molecular formula is C26H29N3O6S. The van der Waals surface area contributed by atoms with Crippen LogP contribution in [0.1, 0.15) is 25.0 Å². The molecule has 4 rings (SSSR count). The van der Waals surface area contributed by atoms with E-state index in [-0.39, 0.29) is 13.2 Å². The van der Waals surface area contributed by atoms with E-state index in [9.17, 15) is 24.3 Å². The number of ether oxygens (including phenoxy) is 1. The third kappa shape index (κ3) is 5.10. The van der Waals surface area contributed by atoms with Crippen LogP contribution in [0.5, 0.6) is 0 Å². The van der Waals surface area contributed by atoms with Crippen LogP contribution in [0.15, 0.2) is 60.7 Å². The summed E-state index contributed by atoms with van der Waals surface area (Å²) in [6.45, 7) is 3.40. The number of nitrogens with two attached hydrogens (primary N) is 1. The van der Waals surface area contributed by atoms with E-state index in [1.165, 1.54) is 16.7 Å². The van der Waals surface area contributed by atoms with E-state index in [1.807, 2.05) is 50.2 Å². The molecule has 2 fully saturated rings. The van der Waals surface area contributed by atoms with E-state index in [4.69, 9.17) is 10.5 Å². The third-order valence-electron chi connectivity index (χ3n) is 6.40. The molecule has 2 aromatic rings. The minimum absolute atomic E-state index is 0.0576. The molecule has 36 heavy (non-hydrogen) atoms. The minimum Gasteiger partial charge on any atom is -0.459 e. The zero-order valence-electron chi connectivity index (χ0n) is 20.1. The fourth-order valence-corrected chi connectivity index (χ4v) is 6.38. The number of rotatable bonds is 9. The molecule has 4 atom stereocenters. The van der Waals surface area contributed by atoms with Crippen molar-refractivity contribution in [3.8, 4) is 0 Å². The number of aliphatic hydroxyl groups excluding tert-OH is 1. The monoisotopic (exact) mass is 511 g/mol. The second kappa shape index (κ2) is 10.3. The Balaban J connectivity index is 1.46. The van der Waals surface area contributed by atoms with E-state index >= 15 is 0 Å². The van der Waals surface area contributed by atoms with Gasteiger partial charge in [0, 0.05) is 11.3 Å². The summed E-state index contributed by atoms with van der Waals surface area (Å²) in [5.74, 6) is -3.57. The summed E-state index contributed by atoms with van der Waals surface area (Å²) >= 11 is 1.34. The van der Waals surface area contributed by atoms with Gasteiger partial charge in [-0.2, -0.15) is 0 Å². The van der Waals surface area contributed by atoms with Crippen LogP contribution < -0.4 is 5.73 Å². The number of primary amides is 1. The number of carbonyl (C=O) groups is 4. The van der Waals surface area contributed by atoms with Crippen LogP contribution in [-0.4, -0.2) is 67.4 Å². The van der Waals surface area contributed by atoms with Crippen molar-refractivity contribution >= 4 is 35.5 Å². The van der Waals surface area contributed by atoms with E-state index in [2.05, 4.69) is 0 Å². The molecule has 190 valence electrons. The molecule has 2 saturated heterocycles. The summed E-state index contributed by atoms with van der Waals surface area (Å²) < 4.78 is 4.81. The molecule has 3 amide bonds. The number of fused-ring (bicyclic) bond motifs is 1. The van der Waals surface area contributed by atoms with E-state index in [0.717, 1.165) is 16.0 Å². The first-order valence-electron chi connectivity index (χ1n) is 11.6. The fourth-order valence-electron chi connectivity index (χ4n) is 4.67. The van der Waals surface area contributed by atoms with Gasteiger partial charge in [-0.3, -0.25) is 14.4 Å². The van der Waals surface area contributed by atoms with Gasteiger partial charge in [-0.25, -0.2) is 4.79 Å². The van der Waals surface area contributed by atoms with Gasteiger partial charge in [0.05, 0.1) is 11.9 Å². The molecule has 2 heterocycles. The molecule has 2 aromatic carbocycles. The summed E-state index contributed by atoms with van der Waals surface area (Å²) in [5.41, 5.74) is 6.91. The molecule has 0 spiro atoms. The SMILES string of the molecule is CC1(C)S[C@@H]2[C@H]([C@H](O)C(=O)N(CC(N)=O)Cc3ccccc3)C(=O)N2[C@H]1C(=O)OCc1ccccc1. The highest BCUT2D eigenvalue weighted by molar-refractivity contribution is 8.01. The van der Waals surface area contributed by atoms with Gasteiger partial charge >= 0.3 is 5.97 Å². The van der Waals surface area contributed by atoms with Crippen LogP contribution in [0.3, 0.4) is 0 Å². The van der Waals surface area contributed by atoms with Gasteiger partial charge < -0.3 is 25.4 Å². The van der Waals surface area contributed by atoms with Gasteiger partial charge in [0.1, 0.15) is 24.7 Å². The van der Waals surface area contributed by atoms with Crippen LogP contribution in [0.2, 0.25) is 0 Å². The smallest absolute Gasteiger partial charge is 0.330 e. The number of β-lactam (4-membered cyclic amide) rings is 1. The summed E-state index contributed by atoms with van der Waals surface area (Å²) in [6.07, 6.45) is -1.68. The first-order valence-corrected chi connectivity index (χ1v) is 12.5. The molecule has 10 heteroatoms. The van der Waals surface area contributed by atoms with E-state index in [0.29, 0.717) is 0 Å². The quantitative estimate of drug-likeness (QED) is 0.383. The molecule has 2 aliphatic heterocycles. The number of hydrogen-bond donors (Lipinski definition) is 2. The number of aliphatic hydroxyl groups is 1. The Morgan fingerprint density at radius 2 is 1.67 bits per heavy atom. The number of hydrogen-bond acceptors (Lipinski definition) is 7. The Hall–Kier alpha value is -3.37. The summed E-state index contributed by atoms with van der Waals surface area (Å²) in [7, 11) is 0. The predicted octanol–water partition coefficient (Wildman–Crippen LogP) is 1.28. The minimum atomic E-state index is -1.68. The van der Waals surface area contributed by atoms with Gasteiger partial charge in [-0.15, -0.1) is 11.8 Å². The van der Waals surface area contributed by atoms with Gasteiger partial charge in [-0.05, 0) is 25.0 Å². The summed E-state index contributed by atoms with van der Waals surface area (Å²) in [5, 5.41) is 10.4. The second-order valence-electron chi connectivity index (χ2n) is 9.47. The lowest BCUT2D eigenvalue weighted by atomic mass is 9.87. The van der Waals surface area contributed by atoms with Gasteiger partial charge in [0.25, 0.3) is 5.91 Å². The lowest BCUT2D eigenvalue weighted by Gasteiger charge is -2.45. The maximum absolute atomic E-state index is 13.2. The highest BCUT2D eigenvalue weighted by Gasteiger charge is 2.66. The average molecular weight is 512 g/mol. The predicted molar refractivity (Wildman–Crippen MR) is 133 cm³/mol. The number of esters is 1. The molecule has 0 aliphatic carbocycles. The molecule has 3 N–H and O–H groups in total. The average Bonchev–Trinajstić information content (AvgIpc) is 3.09. The normalized spacial score (nSPS) is 22.8. The highest BCUT2D eigenvalue weighted by atomic mass is 32.2. The van der Waals surface area contributed by atoms with Crippen LogP contribution in [0.4, 0.5) is 0 Å². The largest absolute Gasteiger partial charge is 0.459 e. The molecule has 0 unspecified atom stereocenters. The summed E-state index contributed by atoms with van der Waals surface area (Å²) in [6, 6.07) is 17.3. The van der Waals surface area contributed by atoms with Crippen LogP contribution in [0, 0.1) is 5.92 Å². The molecule has 0 aromatic heterocycles. The first kappa shape index (κ1) is 25.7. The van der Waals surface area contributed by atoms with E-state index in [1.54, 1.807) is 24.3 Å². The van der Waals surface area contributed by atoms with Gasteiger partial charge in [-0.1, -0.05) is 60.7 Å². The third-order valence-corrected chi connectivity index (χ3v) is 7.99. The Morgan fingerprint density at radius 3 is 2.25 bits per heavy atom. The molecular weight excluding hydrogens is 482 g/mol. The highest BCUT2D eigenvalue weighted by Crippen LogP contribution is 2.54.